The zero-order chi connectivity index (χ0) is 13.2. The van der Waals surface area contributed by atoms with Crippen LogP contribution in [0, 0.1) is 0 Å². The minimum atomic E-state index is -0.178. The Hall–Kier alpha value is -2.03. The first kappa shape index (κ1) is 14.0. The van der Waals surface area contributed by atoms with Gasteiger partial charge in [-0.1, -0.05) is 43.0 Å². The number of allylic oxidation sites excluding steroid dienone is 2. The maximum atomic E-state index is 11.4. The monoisotopic (exact) mass is 242 g/mol. The minimum absolute atomic E-state index is 0.178. The first-order valence-corrected chi connectivity index (χ1v) is 6.02. The number of nitrogens with zero attached hydrogens (tertiary/aromatic N) is 2. The molecule has 1 amide bonds. The molecule has 0 saturated carbocycles. The molecule has 0 aliphatic heterocycles. The lowest BCUT2D eigenvalue weighted by atomic mass is 10.1. The SMILES string of the molecule is C=CC(=C)CCCCC(=O)N=Nc1ccccc1. The van der Waals surface area contributed by atoms with Crippen LogP contribution in [-0.4, -0.2) is 5.91 Å². The molecule has 0 spiro atoms. The fourth-order valence-electron chi connectivity index (χ4n) is 1.39. The van der Waals surface area contributed by atoms with Crippen molar-refractivity contribution in [3.8, 4) is 0 Å². The van der Waals surface area contributed by atoms with E-state index >= 15 is 0 Å². The number of hydrogen-bond acceptors (Lipinski definition) is 2. The van der Waals surface area contributed by atoms with Crippen molar-refractivity contribution >= 4 is 11.6 Å². The van der Waals surface area contributed by atoms with Crippen LogP contribution in [0.25, 0.3) is 0 Å². The van der Waals surface area contributed by atoms with Crippen molar-refractivity contribution < 1.29 is 4.79 Å². The molecule has 0 bridgehead atoms. The normalized spacial score (nSPS) is 10.4. The van der Waals surface area contributed by atoms with Gasteiger partial charge in [-0.3, -0.25) is 4.79 Å². The van der Waals surface area contributed by atoms with Crippen LogP contribution in [-0.2, 0) is 4.79 Å². The van der Waals surface area contributed by atoms with Gasteiger partial charge in [-0.25, -0.2) is 0 Å². The van der Waals surface area contributed by atoms with E-state index in [2.05, 4.69) is 23.4 Å². The standard InChI is InChI=1S/C15H18N2O/c1-3-13(2)9-7-8-12-15(18)17-16-14-10-5-4-6-11-14/h3-6,10-11H,1-2,7-9,12H2. The third kappa shape index (κ3) is 5.89. The molecule has 0 saturated heterocycles. The Morgan fingerprint density at radius 2 is 1.83 bits per heavy atom. The summed E-state index contributed by atoms with van der Waals surface area (Å²) in [6.07, 6.45) is 4.79. The number of rotatable bonds is 7. The molecule has 1 rings (SSSR count). The topological polar surface area (TPSA) is 41.8 Å². The van der Waals surface area contributed by atoms with Gasteiger partial charge in [0.15, 0.2) is 0 Å². The third-order valence-corrected chi connectivity index (χ3v) is 2.46. The van der Waals surface area contributed by atoms with Gasteiger partial charge in [-0.2, -0.15) is 0 Å². The van der Waals surface area contributed by atoms with Crippen molar-refractivity contribution in [1.82, 2.24) is 0 Å². The van der Waals surface area contributed by atoms with Gasteiger partial charge < -0.3 is 0 Å². The van der Waals surface area contributed by atoms with E-state index in [4.69, 9.17) is 0 Å². The average Bonchev–Trinajstić information content (AvgIpc) is 2.42. The Balaban J connectivity index is 2.24. The summed E-state index contributed by atoms with van der Waals surface area (Å²) in [6.45, 7) is 7.46. The van der Waals surface area contributed by atoms with Crippen molar-refractivity contribution in [1.29, 1.82) is 0 Å². The van der Waals surface area contributed by atoms with E-state index in [0.29, 0.717) is 12.1 Å². The zero-order valence-corrected chi connectivity index (χ0v) is 10.5. The lowest BCUT2D eigenvalue weighted by molar-refractivity contribution is -0.118. The molecule has 0 fully saturated rings. The van der Waals surface area contributed by atoms with Gasteiger partial charge in [0.2, 0.25) is 0 Å². The molecule has 3 heteroatoms. The first-order chi connectivity index (χ1) is 8.72. The second-order valence-electron chi connectivity index (χ2n) is 4.00. The van der Waals surface area contributed by atoms with Crippen molar-refractivity contribution in [2.45, 2.75) is 25.7 Å². The molecule has 0 heterocycles. The molecule has 0 N–H and O–H groups in total. The van der Waals surface area contributed by atoms with Crippen LogP contribution in [0.15, 0.2) is 65.4 Å². The lowest BCUT2D eigenvalue weighted by Gasteiger charge is -1.98. The Labute approximate surface area is 108 Å². The summed E-state index contributed by atoms with van der Waals surface area (Å²) in [5.41, 5.74) is 1.71. The number of amides is 1. The summed E-state index contributed by atoms with van der Waals surface area (Å²) < 4.78 is 0. The second kappa shape index (κ2) is 8.12. The van der Waals surface area contributed by atoms with Gasteiger partial charge in [0, 0.05) is 6.42 Å². The number of carbonyl (C=O) groups excluding carboxylic acids is 1. The largest absolute Gasteiger partial charge is 0.271 e. The number of azo groups is 1. The van der Waals surface area contributed by atoms with Crippen LogP contribution in [0.3, 0.4) is 0 Å². The molecule has 3 nitrogen and oxygen atoms in total. The van der Waals surface area contributed by atoms with Crippen LogP contribution in [0.5, 0.6) is 0 Å². The van der Waals surface area contributed by atoms with Gasteiger partial charge in [-0.05, 0) is 31.4 Å². The maximum Gasteiger partial charge on any atom is 0.264 e. The quantitative estimate of drug-likeness (QED) is 0.391. The third-order valence-electron chi connectivity index (χ3n) is 2.46. The molecular weight excluding hydrogens is 224 g/mol. The Morgan fingerprint density at radius 1 is 1.17 bits per heavy atom. The molecule has 1 aromatic carbocycles. The predicted octanol–water partition coefficient (Wildman–Crippen LogP) is 4.60. The van der Waals surface area contributed by atoms with E-state index in [1.807, 2.05) is 30.3 Å². The summed E-state index contributed by atoms with van der Waals surface area (Å²) in [5, 5.41) is 7.55. The summed E-state index contributed by atoms with van der Waals surface area (Å²) in [7, 11) is 0. The average molecular weight is 242 g/mol. The Morgan fingerprint density at radius 3 is 2.50 bits per heavy atom. The van der Waals surface area contributed by atoms with E-state index in [9.17, 15) is 4.79 Å². The first-order valence-electron chi connectivity index (χ1n) is 6.02. The number of hydrogen-bond donors (Lipinski definition) is 0. The van der Waals surface area contributed by atoms with Crippen molar-refractivity contribution in [3.63, 3.8) is 0 Å². The molecular formula is C15H18N2O. The summed E-state index contributed by atoms with van der Waals surface area (Å²) in [4.78, 5) is 11.4. The Bertz CT molecular complexity index is 435. The van der Waals surface area contributed by atoms with Crippen LogP contribution in [0.2, 0.25) is 0 Å². The molecule has 0 unspecified atom stereocenters. The van der Waals surface area contributed by atoms with Crippen LogP contribution in [0.4, 0.5) is 5.69 Å². The van der Waals surface area contributed by atoms with Crippen molar-refractivity contribution in [3.05, 3.63) is 55.1 Å². The number of unbranched alkanes of at least 4 members (excludes halogenated alkanes) is 1. The van der Waals surface area contributed by atoms with Crippen LogP contribution in [0.1, 0.15) is 25.7 Å². The van der Waals surface area contributed by atoms with Gasteiger partial charge >= 0.3 is 0 Å². The lowest BCUT2D eigenvalue weighted by Crippen LogP contribution is -1.91. The fourth-order valence-corrected chi connectivity index (χ4v) is 1.39. The van der Waals surface area contributed by atoms with Crippen molar-refractivity contribution in [2.24, 2.45) is 10.2 Å². The zero-order valence-electron chi connectivity index (χ0n) is 10.5. The molecule has 0 radical (unpaired) electrons. The van der Waals surface area contributed by atoms with Crippen LogP contribution < -0.4 is 0 Å². The minimum Gasteiger partial charge on any atom is -0.271 e. The summed E-state index contributed by atoms with van der Waals surface area (Å²) in [6, 6.07) is 9.24. The van der Waals surface area contributed by atoms with Crippen molar-refractivity contribution in [2.75, 3.05) is 0 Å². The van der Waals surface area contributed by atoms with E-state index in [-0.39, 0.29) is 5.91 Å². The highest BCUT2D eigenvalue weighted by atomic mass is 16.1. The maximum absolute atomic E-state index is 11.4. The van der Waals surface area contributed by atoms with Gasteiger partial charge in [0.05, 0.1) is 5.69 Å². The van der Waals surface area contributed by atoms with Gasteiger partial charge in [-0.15, -0.1) is 10.2 Å². The molecule has 0 aliphatic carbocycles. The molecule has 0 aromatic heterocycles. The van der Waals surface area contributed by atoms with E-state index in [1.54, 1.807) is 6.08 Å². The smallest absolute Gasteiger partial charge is 0.264 e. The molecule has 0 aliphatic rings. The van der Waals surface area contributed by atoms with Crippen LogP contribution >= 0.6 is 0 Å². The van der Waals surface area contributed by atoms with Gasteiger partial charge in [0.25, 0.3) is 5.91 Å². The highest BCUT2D eigenvalue weighted by Gasteiger charge is 1.99. The Kier molecular flexibility index (Phi) is 6.33. The second-order valence-corrected chi connectivity index (χ2v) is 4.00. The summed E-state index contributed by atoms with van der Waals surface area (Å²) in [5.74, 6) is -0.178. The molecule has 18 heavy (non-hydrogen) atoms. The summed E-state index contributed by atoms with van der Waals surface area (Å²) >= 11 is 0. The molecule has 94 valence electrons. The fraction of sp³-hybridized carbons (Fsp3) is 0.267. The van der Waals surface area contributed by atoms with E-state index in [0.717, 1.165) is 24.8 Å². The highest BCUT2D eigenvalue weighted by Crippen LogP contribution is 2.12. The van der Waals surface area contributed by atoms with E-state index < -0.39 is 0 Å². The number of carbonyl (C=O) groups is 1. The molecule has 0 atom stereocenters. The highest BCUT2D eigenvalue weighted by molar-refractivity contribution is 5.76. The van der Waals surface area contributed by atoms with E-state index in [1.165, 1.54) is 0 Å². The molecule has 1 aromatic rings. The predicted molar refractivity (Wildman–Crippen MR) is 73.8 cm³/mol. The number of benzene rings is 1. The van der Waals surface area contributed by atoms with Gasteiger partial charge in [0.1, 0.15) is 0 Å².